The van der Waals surface area contributed by atoms with Gasteiger partial charge in [-0.1, -0.05) is 47.0 Å². The van der Waals surface area contributed by atoms with Gasteiger partial charge in [0.25, 0.3) is 0 Å². The molecule has 0 aromatic heterocycles. The van der Waals surface area contributed by atoms with Crippen molar-refractivity contribution in [3.05, 3.63) is 11.6 Å². The maximum atomic E-state index is 11.4. The average molecular weight is 342 g/mol. The van der Waals surface area contributed by atoms with Crippen molar-refractivity contribution in [1.82, 2.24) is 0 Å². The normalized spacial score (nSPS) is 24.7. The van der Waals surface area contributed by atoms with Gasteiger partial charge in [-0.25, -0.2) is 0 Å². The zero-order chi connectivity index (χ0) is 18.9. The highest BCUT2D eigenvalue weighted by Crippen LogP contribution is 2.20. The lowest BCUT2D eigenvalue weighted by Gasteiger charge is -2.26. The van der Waals surface area contributed by atoms with Crippen LogP contribution >= 0.6 is 0 Å². The van der Waals surface area contributed by atoms with E-state index >= 15 is 0 Å². The maximum Gasteiger partial charge on any atom is 0.155 e. The average Bonchev–Trinajstić information content (AvgIpc) is 2.51. The minimum absolute atomic E-state index is 0.119. The molecule has 0 aromatic rings. The van der Waals surface area contributed by atoms with Crippen LogP contribution in [0.4, 0.5) is 0 Å². The fraction of sp³-hybridized carbons (Fsp3) is 0.789. The van der Waals surface area contributed by atoms with Gasteiger partial charge in [0, 0.05) is 18.8 Å². The van der Waals surface area contributed by atoms with Gasteiger partial charge in [-0.05, 0) is 24.5 Å². The molecule has 4 unspecified atom stereocenters. The third kappa shape index (κ3) is 8.18. The lowest BCUT2D eigenvalue weighted by atomic mass is 9.90. The SMILES string of the molecule is CC(=O)C1=CC(O)C(O)C(O)C1.CCCC(CC)CC(=O)C(C)C. The molecule has 0 bridgehead atoms. The Morgan fingerprint density at radius 1 is 1.21 bits per heavy atom. The van der Waals surface area contributed by atoms with Crippen molar-refractivity contribution >= 4 is 11.6 Å². The first-order chi connectivity index (χ1) is 11.1. The molecule has 0 saturated carbocycles. The summed E-state index contributed by atoms with van der Waals surface area (Å²) in [6.07, 6.45) is 2.41. The van der Waals surface area contributed by atoms with Gasteiger partial charge < -0.3 is 15.3 Å². The molecule has 1 aliphatic carbocycles. The smallest absolute Gasteiger partial charge is 0.155 e. The number of aliphatic hydroxyl groups excluding tert-OH is 3. The van der Waals surface area contributed by atoms with Crippen LogP contribution in [-0.4, -0.2) is 45.2 Å². The quantitative estimate of drug-likeness (QED) is 0.660. The highest BCUT2D eigenvalue weighted by molar-refractivity contribution is 5.93. The molecule has 3 N–H and O–H groups in total. The number of Topliss-reactive ketones (excluding diaryl/α,β-unsaturated/α-hetero) is 2. The molecule has 4 atom stereocenters. The van der Waals surface area contributed by atoms with Crippen molar-refractivity contribution in [1.29, 1.82) is 0 Å². The van der Waals surface area contributed by atoms with Crippen molar-refractivity contribution in [3.63, 3.8) is 0 Å². The van der Waals surface area contributed by atoms with Gasteiger partial charge in [0.1, 0.15) is 18.0 Å². The minimum Gasteiger partial charge on any atom is -0.390 e. The van der Waals surface area contributed by atoms with E-state index in [0.717, 1.165) is 12.8 Å². The van der Waals surface area contributed by atoms with E-state index in [9.17, 15) is 9.59 Å². The summed E-state index contributed by atoms with van der Waals surface area (Å²) >= 11 is 0. The van der Waals surface area contributed by atoms with Crippen LogP contribution in [-0.2, 0) is 9.59 Å². The summed E-state index contributed by atoms with van der Waals surface area (Å²) in [5, 5.41) is 27.4. The summed E-state index contributed by atoms with van der Waals surface area (Å²) in [6, 6.07) is 0. The Hall–Kier alpha value is -1.04. The second kappa shape index (κ2) is 11.5. The molecule has 5 heteroatoms. The Labute approximate surface area is 145 Å². The number of aliphatic hydroxyl groups is 3. The highest BCUT2D eigenvalue weighted by atomic mass is 16.4. The van der Waals surface area contributed by atoms with Crippen molar-refractivity contribution in [3.8, 4) is 0 Å². The summed E-state index contributed by atoms with van der Waals surface area (Å²) in [5.41, 5.74) is 0.375. The zero-order valence-electron chi connectivity index (χ0n) is 15.7. The van der Waals surface area contributed by atoms with Crippen LogP contribution < -0.4 is 0 Å². The molecule has 140 valence electrons. The minimum atomic E-state index is -1.17. The number of rotatable bonds is 7. The molecular weight excluding hydrogens is 308 g/mol. The van der Waals surface area contributed by atoms with Crippen LogP contribution in [0.2, 0.25) is 0 Å². The van der Waals surface area contributed by atoms with E-state index in [1.54, 1.807) is 0 Å². The molecular formula is C19H34O5. The Balaban J connectivity index is 0.000000441. The lowest BCUT2D eigenvalue weighted by Crippen LogP contribution is -2.40. The third-order valence-corrected chi connectivity index (χ3v) is 4.41. The van der Waals surface area contributed by atoms with E-state index in [0.29, 0.717) is 17.3 Å². The van der Waals surface area contributed by atoms with Crippen LogP contribution in [0.5, 0.6) is 0 Å². The molecule has 5 nitrogen and oxygen atoms in total. The molecule has 0 aliphatic heterocycles. The van der Waals surface area contributed by atoms with Gasteiger partial charge in [-0.3, -0.25) is 9.59 Å². The molecule has 0 radical (unpaired) electrons. The standard InChI is InChI=1S/C11H22O.C8H12O4/c1-5-7-10(6-2)8-11(12)9(3)4;1-4(9)5-2-6(10)8(12)7(11)3-5/h9-10H,5-8H2,1-4H3;2,6-8,10-12H,3H2,1H3. The number of carbonyl (C=O) groups is 2. The van der Waals surface area contributed by atoms with Gasteiger partial charge in [0.2, 0.25) is 0 Å². The van der Waals surface area contributed by atoms with Gasteiger partial charge in [0.05, 0.1) is 6.10 Å². The largest absolute Gasteiger partial charge is 0.390 e. The highest BCUT2D eigenvalue weighted by Gasteiger charge is 2.30. The first-order valence-electron chi connectivity index (χ1n) is 8.92. The van der Waals surface area contributed by atoms with Crippen LogP contribution in [0.25, 0.3) is 0 Å². The fourth-order valence-corrected chi connectivity index (χ4v) is 2.59. The van der Waals surface area contributed by atoms with Crippen LogP contribution in [0, 0.1) is 11.8 Å². The van der Waals surface area contributed by atoms with Crippen molar-refractivity contribution in [2.24, 2.45) is 11.8 Å². The molecule has 0 aromatic carbocycles. The van der Waals surface area contributed by atoms with Crippen molar-refractivity contribution in [2.75, 3.05) is 0 Å². The van der Waals surface area contributed by atoms with Crippen LogP contribution in [0.1, 0.15) is 66.7 Å². The number of ketones is 2. The monoisotopic (exact) mass is 342 g/mol. The third-order valence-electron chi connectivity index (χ3n) is 4.41. The summed E-state index contributed by atoms with van der Waals surface area (Å²) in [7, 11) is 0. The molecule has 1 rings (SSSR count). The Morgan fingerprint density at radius 2 is 1.79 bits per heavy atom. The topological polar surface area (TPSA) is 94.8 Å². The first-order valence-corrected chi connectivity index (χ1v) is 8.92. The summed E-state index contributed by atoms with van der Waals surface area (Å²) in [5.74, 6) is 1.09. The second-order valence-corrected chi connectivity index (χ2v) is 6.89. The second-order valence-electron chi connectivity index (χ2n) is 6.89. The number of hydrogen-bond acceptors (Lipinski definition) is 5. The van der Waals surface area contributed by atoms with Gasteiger partial charge in [0.15, 0.2) is 5.78 Å². The van der Waals surface area contributed by atoms with Crippen molar-refractivity contribution < 1.29 is 24.9 Å². The summed E-state index contributed by atoms with van der Waals surface area (Å²) in [6.45, 7) is 9.70. The molecule has 1 aliphatic rings. The van der Waals surface area contributed by atoms with Gasteiger partial charge in [-0.2, -0.15) is 0 Å². The number of hydrogen-bond donors (Lipinski definition) is 3. The molecule has 0 spiro atoms. The Morgan fingerprint density at radius 3 is 2.17 bits per heavy atom. The van der Waals surface area contributed by atoms with Crippen LogP contribution in [0.3, 0.4) is 0 Å². The van der Waals surface area contributed by atoms with E-state index in [2.05, 4.69) is 13.8 Å². The van der Waals surface area contributed by atoms with E-state index in [1.807, 2.05) is 13.8 Å². The predicted octanol–water partition coefficient (Wildman–Crippen LogP) is 2.42. The zero-order valence-corrected chi connectivity index (χ0v) is 15.7. The van der Waals surface area contributed by atoms with E-state index in [4.69, 9.17) is 15.3 Å². The lowest BCUT2D eigenvalue weighted by molar-refractivity contribution is -0.123. The van der Waals surface area contributed by atoms with E-state index in [-0.39, 0.29) is 18.1 Å². The first kappa shape index (κ1) is 23.0. The van der Waals surface area contributed by atoms with E-state index in [1.165, 1.54) is 25.8 Å². The Kier molecular flexibility index (Phi) is 11.0. The van der Waals surface area contributed by atoms with Gasteiger partial charge >= 0.3 is 0 Å². The van der Waals surface area contributed by atoms with E-state index < -0.39 is 18.3 Å². The summed E-state index contributed by atoms with van der Waals surface area (Å²) < 4.78 is 0. The molecule has 0 heterocycles. The number of carbonyl (C=O) groups excluding carboxylic acids is 2. The van der Waals surface area contributed by atoms with Crippen LogP contribution in [0.15, 0.2) is 11.6 Å². The van der Waals surface area contributed by atoms with Gasteiger partial charge in [-0.15, -0.1) is 0 Å². The summed E-state index contributed by atoms with van der Waals surface area (Å²) in [4.78, 5) is 22.2. The maximum absolute atomic E-state index is 11.4. The van der Waals surface area contributed by atoms with Crippen molar-refractivity contribution in [2.45, 2.75) is 85.0 Å². The molecule has 0 saturated heterocycles. The molecule has 24 heavy (non-hydrogen) atoms. The fourth-order valence-electron chi connectivity index (χ4n) is 2.59. The molecule has 0 fully saturated rings. The predicted molar refractivity (Wildman–Crippen MR) is 94.6 cm³/mol. The molecule has 0 amide bonds. The Bertz CT molecular complexity index is 427.